The molecule has 0 saturated carbocycles. The van der Waals surface area contributed by atoms with Gasteiger partial charge in [0.15, 0.2) is 0 Å². The van der Waals surface area contributed by atoms with E-state index in [-0.39, 0.29) is 4.70 Å². The summed E-state index contributed by atoms with van der Waals surface area (Å²) in [7, 11) is 0. The predicted octanol–water partition coefficient (Wildman–Crippen LogP) is 3.99. The molecule has 0 spiro atoms. The van der Waals surface area contributed by atoms with Gasteiger partial charge in [0.2, 0.25) is 0 Å². The second-order valence-corrected chi connectivity index (χ2v) is 3.88. The molecule has 0 aliphatic rings. The van der Waals surface area contributed by atoms with Crippen molar-refractivity contribution in [3.63, 3.8) is 0 Å². The number of hydrogen-bond donors (Lipinski definition) is 0. The molecule has 2 aromatic carbocycles. The van der Waals surface area contributed by atoms with E-state index in [1.807, 2.05) is 12.1 Å². The van der Waals surface area contributed by atoms with Crippen molar-refractivity contribution < 1.29 is 4.70 Å². The van der Waals surface area contributed by atoms with Crippen molar-refractivity contribution in [1.29, 1.82) is 0 Å². The summed E-state index contributed by atoms with van der Waals surface area (Å²) in [5.41, 5.74) is 0. The molecule has 0 aliphatic carbocycles. The van der Waals surface area contributed by atoms with Gasteiger partial charge < -0.3 is 0 Å². The molecule has 0 saturated heterocycles. The molecule has 0 heterocycles. The summed E-state index contributed by atoms with van der Waals surface area (Å²) in [5.74, 6) is 0. The second kappa shape index (κ2) is 5.45. The van der Waals surface area contributed by atoms with E-state index in [9.17, 15) is 0 Å². The van der Waals surface area contributed by atoms with E-state index in [1.165, 1.54) is 9.79 Å². The molecular formula is C12H11FS. The van der Waals surface area contributed by atoms with Crippen LogP contribution in [0.15, 0.2) is 70.5 Å². The van der Waals surface area contributed by atoms with Crippen LogP contribution in [0.4, 0.5) is 4.70 Å². The largest absolute Gasteiger partial charge is 0.269 e. The molecule has 0 radical (unpaired) electrons. The van der Waals surface area contributed by atoms with Crippen LogP contribution in [0.2, 0.25) is 0 Å². The Balaban J connectivity index is 0.000000980. The maximum absolute atomic E-state index is 2.12. The smallest absolute Gasteiger partial charge is 0.0122 e. The zero-order valence-corrected chi connectivity index (χ0v) is 8.41. The molecule has 72 valence electrons. The fraction of sp³-hybridized carbons (Fsp3) is 0. The Hall–Kier alpha value is -1.28. The minimum Gasteiger partial charge on any atom is -0.269 e. The van der Waals surface area contributed by atoms with Crippen molar-refractivity contribution in [2.24, 2.45) is 0 Å². The SMILES string of the molecule is F.c1ccc(Sc2ccccc2)cc1. The summed E-state index contributed by atoms with van der Waals surface area (Å²) in [4.78, 5) is 2.57. The standard InChI is InChI=1S/C12H10S.FH/c1-3-7-11(8-4-1)13-12-9-5-2-6-10-12;/h1-10H;1H. The first kappa shape index (κ1) is 10.8. The van der Waals surface area contributed by atoms with Crippen molar-refractivity contribution in [2.45, 2.75) is 9.79 Å². The molecule has 0 aromatic heterocycles. The highest BCUT2D eigenvalue weighted by Gasteiger charge is 1.93. The van der Waals surface area contributed by atoms with Gasteiger partial charge in [-0.2, -0.15) is 0 Å². The number of benzene rings is 2. The maximum atomic E-state index is 2.12. The summed E-state index contributed by atoms with van der Waals surface area (Å²) in [6.45, 7) is 0. The Labute approximate surface area is 87.3 Å². The molecule has 14 heavy (non-hydrogen) atoms. The Bertz CT molecular complexity index is 321. The highest BCUT2D eigenvalue weighted by molar-refractivity contribution is 7.99. The van der Waals surface area contributed by atoms with Crippen molar-refractivity contribution in [1.82, 2.24) is 0 Å². The third-order valence-corrected chi connectivity index (χ3v) is 2.74. The van der Waals surface area contributed by atoms with Crippen LogP contribution < -0.4 is 0 Å². The molecular weight excluding hydrogens is 195 g/mol. The highest BCUT2D eigenvalue weighted by Crippen LogP contribution is 2.26. The summed E-state index contributed by atoms with van der Waals surface area (Å²) >= 11 is 1.79. The van der Waals surface area contributed by atoms with Gasteiger partial charge in [-0.1, -0.05) is 48.2 Å². The molecule has 0 bridgehead atoms. The molecule has 0 fully saturated rings. The van der Waals surface area contributed by atoms with Crippen LogP contribution in [-0.2, 0) is 0 Å². The van der Waals surface area contributed by atoms with Crippen LogP contribution >= 0.6 is 11.8 Å². The third kappa shape index (κ3) is 2.89. The lowest BCUT2D eigenvalue weighted by molar-refractivity contribution is 1.11. The Morgan fingerprint density at radius 3 is 1.29 bits per heavy atom. The zero-order chi connectivity index (χ0) is 8.93. The van der Waals surface area contributed by atoms with E-state index >= 15 is 0 Å². The first-order chi connectivity index (χ1) is 6.45. The van der Waals surface area contributed by atoms with E-state index in [0.717, 1.165) is 0 Å². The molecule has 0 unspecified atom stereocenters. The van der Waals surface area contributed by atoms with Gasteiger partial charge in [-0.05, 0) is 24.3 Å². The first-order valence-electron chi connectivity index (χ1n) is 4.23. The summed E-state index contributed by atoms with van der Waals surface area (Å²) in [6.07, 6.45) is 0. The van der Waals surface area contributed by atoms with Crippen LogP contribution in [-0.4, -0.2) is 0 Å². The van der Waals surface area contributed by atoms with Gasteiger partial charge >= 0.3 is 0 Å². The van der Waals surface area contributed by atoms with Gasteiger partial charge in [0.1, 0.15) is 0 Å². The molecule has 2 heteroatoms. The Kier molecular flexibility index (Phi) is 4.20. The van der Waals surface area contributed by atoms with Crippen LogP contribution in [0.5, 0.6) is 0 Å². The molecule has 2 rings (SSSR count). The number of rotatable bonds is 2. The fourth-order valence-corrected chi connectivity index (χ4v) is 1.97. The van der Waals surface area contributed by atoms with E-state index in [2.05, 4.69) is 48.5 Å². The van der Waals surface area contributed by atoms with E-state index in [1.54, 1.807) is 11.8 Å². The minimum atomic E-state index is 0. The molecule has 0 amide bonds. The topological polar surface area (TPSA) is 0 Å². The van der Waals surface area contributed by atoms with Crippen LogP contribution in [0.1, 0.15) is 0 Å². The lowest BCUT2D eigenvalue weighted by atomic mass is 10.4. The van der Waals surface area contributed by atoms with Crippen LogP contribution in [0, 0.1) is 0 Å². The van der Waals surface area contributed by atoms with Gasteiger partial charge in [-0.25, -0.2) is 0 Å². The molecule has 0 aliphatic heterocycles. The molecule has 0 nitrogen and oxygen atoms in total. The summed E-state index contributed by atoms with van der Waals surface area (Å²) in [5, 5.41) is 0. The summed E-state index contributed by atoms with van der Waals surface area (Å²) < 4.78 is 0. The van der Waals surface area contributed by atoms with Gasteiger partial charge in [-0.3, -0.25) is 4.70 Å². The number of halogens is 1. The molecule has 0 N–H and O–H groups in total. The number of hydrogen-bond acceptors (Lipinski definition) is 1. The summed E-state index contributed by atoms with van der Waals surface area (Å²) in [6, 6.07) is 20.8. The first-order valence-corrected chi connectivity index (χ1v) is 5.05. The highest BCUT2D eigenvalue weighted by atomic mass is 32.2. The maximum Gasteiger partial charge on any atom is 0.0122 e. The van der Waals surface area contributed by atoms with Gasteiger partial charge in [0, 0.05) is 9.79 Å². The van der Waals surface area contributed by atoms with Crippen LogP contribution in [0.25, 0.3) is 0 Å². The van der Waals surface area contributed by atoms with Gasteiger partial charge in [-0.15, -0.1) is 0 Å². The monoisotopic (exact) mass is 206 g/mol. The molecule has 0 atom stereocenters. The van der Waals surface area contributed by atoms with Crippen LogP contribution in [0.3, 0.4) is 0 Å². The lowest BCUT2D eigenvalue weighted by Crippen LogP contribution is -1.70. The van der Waals surface area contributed by atoms with E-state index in [0.29, 0.717) is 0 Å². The van der Waals surface area contributed by atoms with Gasteiger partial charge in [0.05, 0.1) is 0 Å². The molecule has 2 aromatic rings. The average Bonchev–Trinajstić information content (AvgIpc) is 2.21. The third-order valence-electron chi connectivity index (χ3n) is 1.72. The van der Waals surface area contributed by atoms with Gasteiger partial charge in [0.25, 0.3) is 0 Å². The normalized spacial score (nSPS) is 9.14. The Morgan fingerprint density at radius 1 is 0.571 bits per heavy atom. The fourth-order valence-electron chi connectivity index (χ4n) is 1.11. The quantitative estimate of drug-likeness (QED) is 0.716. The zero-order valence-electron chi connectivity index (χ0n) is 7.59. The second-order valence-electron chi connectivity index (χ2n) is 2.73. The van der Waals surface area contributed by atoms with E-state index < -0.39 is 0 Å². The van der Waals surface area contributed by atoms with Crippen molar-refractivity contribution in [2.75, 3.05) is 0 Å². The average molecular weight is 206 g/mol. The minimum absolute atomic E-state index is 0. The van der Waals surface area contributed by atoms with Crippen molar-refractivity contribution >= 4 is 11.8 Å². The predicted molar refractivity (Wildman–Crippen MR) is 59.5 cm³/mol. The van der Waals surface area contributed by atoms with Crippen molar-refractivity contribution in [3.05, 3.63) is 60.7 Å². The Morgan fingerprint density at radius 2 is 0.929 bits per heavy atom. The lowest BCUT2D eigenvalue weighted by Gasteiger charge is -1.99. The van der Waals surface area contributed by atoms with Crippen molar-refractivity contribution in [3.8, 4) is 0 Å². The van der Waals surface area contributed by atoms with E-state index in [4.69, 9.17) is 0 Å².